The van der Waals surface area contributed by atoms with Crippen molar-refractivity contribution in [3.63, 3.8) is 0 Å². The van der Waals surface area contributed by atoms with E-state index in [1.165, 1.54) is 16.6 Å². The van der Waals surface area contributed by atoms with Gasteiger partial charge >= 0.3 is 0 Å². The number of rotatable bonds is 3. The Morgan fingerprint density at radius 2 is 2.03 bits per heavy atom. The number of pyridine rings is 1. The van der Waals surface area contributed by atoms with Gasteiger partial charge < -0.3 is 29.5 Å². The summed E-state index contributed by atoms with van der Waals surface area (Å²) in [5.74, 6) is -5.76. The van der Waals surface area contributed by atoms with Gasteiger partial charge in [0.2, 0.25) is 11.3 Å². The Morgan fingerprint density at radius 1 is 1.31 bits per heavy atom. The minimum absolute atomic E-state index is 0.174. The SMILES string of the molecule is COC1=NO[C@@]2(CCCN3C[C@H]2n2cc(C(=O)NCc4c(F)cc(F)cc4F)c(=O)c(O)c2C3=O)C1. The van der Waals surface area contributed by atoms with E-state index in [2.05, 4.69) is 10.5 Å². The summed E-state index contributed by atoms with van der Waals surface area (Å²) in [5, 5.41) is 16.9. The van der Waals surface area contributed by atoms with Gasteiger partial charge in [-0.3, -0.25) is 14.4 Å². The van der Waals surface area contributed by atoms with Crippen LogP contribution in [0.3, 0.4) is 0 Å². The lowest BCUT2D eigenvalue weighted by atomic mass is 9.85. The van der Waals surface area contributed by atoms with E-state index in [4.69, 9.17) is 9.57 Å². The first-order chi connectivity index (χ1) is 17.1. The van der Waals surface area contributed by atoms with E-state index in [-0.39, 0.29) is 18.7 Å². The number of hydrogen-bond donors (Lipinski definition) is 2. The number of nitrogens with one attached hydrogen (secondary N) is 1. The van der Waals surface area contributed by atoms with Crippen molar-refractivity contribution in [1.29, 1.82) is 0 Å². The summed E-state index contributed by atoms with van der Waals surface area (Å²) in [7, 11) is 1.44. The molecular formula is C23H21F3N4O6. The Labute approximate surface area is 201 Å². The van der Waals surface area contributed by atoms with Crippen LogP contribution < -0.4 is 10.7 Å². The van der Waals surface area contributed by atoms with Crippen LogP contribution in [0.5, 0.6) is 5.75 Å². The Kier molecular flexibility index (Phi) is 5.64. The number of fused-ring (bicyclic) bond motifs is 5. The topological polar surface area (TPSA) is 122 Å². The Balaban J connectivity index is 1.53. The summed E-state index contributed by atoms with van der Waals surface area (Å²) in [6, 6.07) is 0.296. The molecule has 13 heteroatoms. The summed E-state index contributed by atoms with van der Waals surface area (Å²) in [6.45, 7) is -0.145. The second-order valence-corrected chi connectivity index (χ2v) is 8.90. The lowest BCUT2D eigenvalue weighted by Crippen LogP contribution is -2.51. The number of ether oxygens (including phenoxy) is 1. The maximum atomic E-state index is 14.0. The van der Waals surface area contributed by atoms with Gasteiger partial charge in [-0.25, -0.2) is 13.2 Å². The van der Waals surface area contributed by atoms with Gasteiger partial charge in [-0.1, -0.05) is 5.16 Å². The van der Waals surface area contributed by atoms with Crippen LogP contribution >= 0.6 is 0 Å². The molecule has 3 aliphatic heterocycles. The average molecular weight is 506 g/mol. The first kappa shape index (κ1) is 23.7. The Bertz CT molecular complexity index is 1350. The van der Waals surface area contributed by atoms with Crippen molar-refractivity contribution in [3.05, 3.63) is 62.8 Å². The van der Waals surface area contributed by atoms with Crippen molar-refractivity contribution in [3.8, 4) is 5.75 Å². The van der Waals surface area contributed by atoms with Crippen molar-refractivity contribution in [2.75, 3.05) is 20.2 Å². The molecule has 5 rings (SSSR count). The number of carbonyl (C=O) groups excluding carboxylic acids is 2. The second kappa shape index (κ2) is 8.57. The molecule has 4 heterocycles. The van der Waals surface area contributed by atoms with Crippen LogP contribution in [-0.4, -0.2) is 58.1 Å². The maximum absolute atomic E-state index is 14.0. The molecular weight excluding hydrogens is 485 g/mol. The number of aromatic hydroxyl groups is 1. The van der Waals surface area contributed by atoms with Gasteiger partial charge in [0.25, 0.3) is 11.8 Å². The highest BCUT2D eigenvalue weighted by Gasteiger charge is 2.53. The molecule has 1 fully saturated rings. The van der Waals surface area contributed by atoms with Gasteiger partial charge in [-0.2, -0.15) is 0 Å². The molecule has 2 atom stereocenters. The minimum Gasteiger partial charge on any atom is -0.503 e. The van der Waals surface area contributed by atoms with E-state index in [0.29, 0.717) is 37.4 Å². The molecule has 2 N–H and O–H groups in total. The normalized spacial score (nSPS) is 22.6. The van der Waals surface area contributed by atoms with Crippen LogP contribution in [0.4, 0.5) is 13.2 Å². The number of methoxy groups -OCH3 is 1. The lowest BCUT2D eigenvalue weighted by Gasteiger charge is -2.40. The zero-order valence-corrected chi connectivity index (χ0v) is 19.0. The zero-order valence-electron chi connectivity index (χ0n) is 19.0. The number of oxime groups is 1. The Hall–Kier alpha value is -4.03. The third-order valence-electron chi connectivity index (χ3n) is 6.86. The van der Waals surface area contributed by atoms with Gasteiger partial charge in [0, 0.05) is 43.5 Å². The monoisotopic (exact) mass is 506 g/mol. The predicted octanol–water partition coefficient (Wildman–Crippen LogP) is 1.81. The van der Waals surface area contributed by atoms with Crippen LogP contribution in [-0.2, 0) is 16.1 Å². The first-order valence-corrected chi connectivity index (χ1v) is 11.1. The van der Waals surface area contributed by atoms with Crippen LogP contribution in [0.1, 0.15) is 51.7 Å². The molecule has 1 aromatic carbocycles. The highest BCUT2D eigenvalue weighted by Crippen LogP contribution is 2.45. The molecule has 2 bridgehead atoms. The number of amides is 2. The molecule has 190 valence electrons. The fourth-order valence-corrected chi connectivity index (χ4v) is 5.01. The molecule has 2 amide bonds. The smallest absolute Gasteiger partial charge is 0.274 e. The number of benzene rings is 1. The second-order valence-electron chi connectivity index (χ2n) is 8.90. The van der Waals surface area contributed by atoms with E-state index in [1.54, 1.807) is 0 Å². The number of halogens is 3. The van der Waals surface area contributed by atoms with E-state index >= 15 is 0 Å². The fraction of sp³-hybridized carbons (Fsp3) is 0.391. The molecule has 36 heavy (non-hydrogen) atoms. The van der Waals surface area contributed by atoms with E-state index in [0.717, 1.165) is 6.20 Å². The number of carbonyl (C=O) groups is 2. The van der Waals surface area contributed by atoms with Crippen LogP contribution in [0.2, 0.25) is 0 Å². The summed E-state index contributed by atoms with van der Waals surface area (Å²) < 4.78 is 47.7. The highest BCUT2D eigenvalue weighted by atomic mass is 19.1. The van der Waals surface area contributed by atoms with Crippen molar-refractivity contribution in [2.45, 2.75) is 37.5 Å². The summed E-state index contributed by atoms with van der Waals surface area (Å²) in [5.41, 5.74) is -3.53. The standard InChI is InChI=1S/C23H21F3N4O6/c1-35-17-7-23(36-28-17)3-2-4-29-10-16(23)30-9-13(19(31)20(32)18(30)22(29)34)21(33)27-8-12-14(25)5-11(24)6-15(12)26/h5-6,9,16,32H,2-4,7-8,10H2,1H3,(H,27,33)/t16-,23+/m1/s1. The molecule has 0 saturated carbocycles. The zero-order chi connectivity index (χ0) is 25.8. The molecule has 0 unspecified atom stereocenters. The van der Waals surface area contributed by atoms with Crippen LogP contribution in [0, 0.1) is 17.5 Å². The Morgan fingerprint density at radius 3 is 2.69 bits per heavy atom. The highest BCUT2D eigenvalue weighted by molar-refractivity contribution is 5.99. The molecule has 1 aromatic heterocycles. The van der Waals surface area contributed by atoms with E-state index in [9.17, 15) is 32.7 Å². The maximum Gasteiger partial charge on any atom is 0.274 e. The fourth-order valence-electron chi connectivity index (χ4n) is 5.01. The third kappa shape index (κ3) is 3.65. The number of hydrogen-bond acceptors (Lipinski definition) is 7. The van der Waals surface area contributed by atoms with Crippen molar-refractivity contribution in [2.24, 2.45) is 5.16 Å². The van der Waals surface area contributed by atoms with Crippen LogP contribution in [0.15, 0.2) is 28.3 Å². The minimum atomic E-state index is -1.21. The first-order valence-electron chi connectivity index (χ1n) is 11.1. The molecule has 1 spiro atoms. The predicted molar refractivity (Wildman–Crippen MR) is 117 cm³/mol. The van der Waals surface area contributed by atoms with Crippen molar-refractivity contribution in [1.82, 2.24) is 14.8 Å². The van der Waals surface area contributed by atoms with Crippen LogP contribution in [0.25, 0.3) is 0 Å². The number of aromatic nitrogens is 1. The van der Waals surface area contributed by atoms with Gasteiger partial charge in [-0.15, -0.1) is 0 Å². The summed E-state index contributed by atoms with van der Waals surface area (Å²) in [6.07, 6.45) is 2.45. The van der Waals surface area contributed by atoms with Gasteiger partial charge in [-0.05, 0) is 12.8 Å². The summed E-state index contributed by atoms with van der Waals surface area (Å²) in [4.78, 5) is 46.1. The van der Waals surface area contributed by atoms with Gasteiger partial charge in [0.05, 0.1) is 19.6 Å². The number of nitrogens with zero attached hydrogens (tertiary/aromatic N) is 3. The van der Waals surface area contributed by atoms with E-state index < -0.39 is 69.8 Å². The quantitative estimate of drug-likeness (QED) is 0.655. The van der Waals surface area contributed by atoms with Gasteiger partial charge in [0.1, 0.15) is 23.0 Å². The molecule has 1 saturated heterocycles. The molecule has 0 aliphatic carbocycles. The molecule has 3 aliphatic rings. The third-order valence-corrected chi connectivity index (χ3v) is 6.86. The largest absolute Gasteiger partial charge is 0.503 e. The summed E-state index contributed by atoms with van der Waals surface area (Å²) >= 11 is 0. The van der Waals surface area contributed by atoms with E-state index in [1.807, 2.05) is 0 Å². The van der Waals surface area contributed by atoms with Gasteiger partial charge in [0.15, 0.2) is 17.0 Å². The lowest BCUT2D eigenvalue weighted by molar-refractivity contribution is -0.0655. The van der Waals surface area contributed by atoms with Crippen molar-refractivity contribution < 1.29 is 37.4 Å². The average Bonchev–Trinajstić information content (AvgIpc) is 3.17. The van der Waals surface area contributed by atoms with Crippen molar-refractivity contribution >= 4 is 17.7 Å². The molecule has 2 aromatic rings. The molecule has 10 nitrogen and oxygen atoms in total. The molecule has 0 radical (unpaired) electrons.